The Morgan fingerprint density at radius 3 is 2.42 bits per heavy atom. The fourth-order valence-electron chi connectivity index (χ4n) is 5.72. The number of hydrogen-bond donors (Lipinski definition) is 5. The fraction of sp³-hybridized carbons (Fsp3) is 0.333. The number of amides is 4. The minimum absolute atomic E-state index is 0.0460. The number of aliphatic hydroxyl groups is 1. The number of nitrogens with one attached hydrogen (secondary N) is 4. The van der Waals surface area contributed by atoms with E-state index in [4.69, 9.17) is 25.8 Å². The second kappa shape index (κ2) is 16.6. The van der Waals surface area contributed by atoms with E-state index in [2.05, 4.69) is 31.3 Å². The van der Waals surface area contributed by atoms with Crippen molar-refractivity contribution >= 4 is 35.2 Å². The van der Waals surface area contributed by atoms with Crippen LogP contribution in [0.25, 0.3) is 11.4 Å². The van der Waals surface area contributed by atoms with Crippen LogP contribution in [-0.4, -0.2) is 88.6 Å². The summed E-state index contributed by atoms with van der Waals surface area (Å²) in [5.41, 5.74) is 1.86. The number of aliphatic hydroxyl groups excluding tert-OH is 1. The molecule has 4 amide bonds. The molecule has 0 radical (unpaired) electrons. The Labute approximate surface area is 304 Å². The van der Waals surface area contributed by atoms with Crippen molar-refractivity contribution < 1.29 is 38.5 Å². The largest absolute Gasteiger partial charge is 0.492 e. The summed E-state index contributed by atoms with van der Waals surface area (Å²) >= 11 is 6.45. The molecule has 16 heteroatoms. The van der Waals surface area contributed by atoms with Gasteiger partial charge >= 0.3 is 0 Å². The lowest BCUT2D eigenvalue weighted by atomic mass is 10.0. The van der Waals surface area contributed by atoms with E-state index >= 15 is 0 Å². The third-order valence-electron chi connectivity index (χ3n) is 8.36. The van der Waals surface area contributed by atoms with E-state index in [0.717, 1.165) is 0 Å². The van der Waals surface area contributed by atoms with Gasteiger partial charge in [-0.1, -0.05) is 54.1 Å². The fourth-order valence-corrected chi connectivity index (χ4v) is 5.94. The molecule has 4 heterocycles. The van der Waals surface area contributed by atoms with Crippen LogP contribution in [0, 0.1) is 0 Å². The van der Waals surface area contributed by atoms with Gasteiger partial charge in [0.15, 0.2) is 17.3 Å². The Bertz CT molecular complexity index is 1920. The maximum absolute atomic E-state index is 13.8. The third-order valence-corrected chi connectivity index (χ3v) is 8.71. The minimum Gasteiger partial charge on any atom is -0.492 e. The second-order valence-corrected chi connectivity index (χ2v) is 12.6. The van der Waals surface area contributed by atoms with E-state index in [9.17, 15) is 24.3 Å². The summed E-state index contributed by atoms with van der Waals surface area (Å²) in [5, 5.41) is 26.0. The first-order valence-corrected chi connectivity index (χ1v) is 17.1. The number of benzene rings is 3. The number of halogens is 1. The molecule has 0 aliphatic carbocycles. The lowest BCUT2D eigenvalue weighted by molar-refractivity contribution is -0.132. The van der Waals surface area contributed by atoms with E-state index < -0.39 is 42.5 Å². The van der Waals surface area contributed by atoms with Crippen LogP contribution < -0.4 is 35.5 Å². The van der Waals surface area contributed by atoms with Gasteiger partial charge in [-0.05, 0) is 36.2 Å². The van der Waals surface area contributed by atoms with Gasteiger partial charge < -0.3 is 40.6 Å². The Balaban J connectivity index is 1.24. The lowest BCUT2D eigenvalue weighted by Gasteiger charge is -2.24. The first-order chi connectivity index (χ1) is 25.2. The number of carbonyl (C=O) groups is 4. The molecule has 3 aromatic carbocycles. The Hall–Kier alpha value is -5.67. The average Bonchev–Trinajstić information content (AvgIpc) is 3.56. The molecule has 2 bridgehead atoms. The van der Waals surface area contributed by atoms with E-state index in [-0.39, 0.29) is 44.3 Å². The van der Waals surface area contributed by atoms with Crippen LogP contribution in [0.3, 0.4) is 0 Å². The molecule has 3 aliphatic rings. The van der Waals surface area contributed by atoms with Gasteiger partial charge in [0, 0.05) is 23.1 Å². The molecule has 0 unspecified atom stereocenters. The lowest BCUT2D eigenvalue weighted by Crippen LogP contribution is -2.56. The number of aromatic nitrogens is 3. The highest BCUT2D eigenvalue weighted by Gasteiger charge is 2.29. The maximum atomic E-state index is 13.8. The highest BCUT2D eigenvalue weighted by Crippen LogP contribution is 2.35. The van der Waals surface area contributed by atoms with Crippen LogP contribution in [-0.2, 0) is 38.6 Å². The van der Waals surface area contributed by atoms with Gasteiger partial charge in [-0.15, -0.1) is 0 Å². The van der Waals surface area contributed by atoms with Crippen molar-refractivity contribution in [2.75, 3.05) is 33.0 Å². The number of nitrogens with zero attached hydrogens (tertiary/aromatic N) is 3. The number of rotatable bonds is 5. The van der Waals surface area contributed by atoms with Crippen molar-refractivity contribution in [2.24, 2.45) is 0 Å². The van der Waals surface area contributed by atoms with Crippen molar-refractivity contribution in [1.82, 2.24) is 36.0 Å². The Morgan fingerprint density at radius 1 is 0.962 bits per heavy atom. The van der Waals surface area contributed by atoms with E-state index in [1.165, 1.54) is 4.68 Å². The zero-order valence-electron chi connectivity index (χ0n) is 28.3. The predicted octanol–water partition coefficient (Wildman–Crippen LogP) is 1.50. The first-order valence-electron chi connectivity index (χ1n) is 16.7. The molecule has 5 N–H and O–H groups in total. The molecule has 3 aliphatic heterocycles. The van der Waals surface area contributed by atoms with Crippen LogP contribution in [0.4, 0.5) is 0 Å². The minimum atomic E-state index is -1.39. The number of carbonyl (C=O) groups excluding carboxylic acids is 4. The zero-order valence-corrected chi connectivity index (χ0v) is 29.0. The monoisotopic (exact) mass is 731 g/mol. The summed E-state index contributed by atoms with van der Waals surface area (Å²) in [6.07, 6.45) is -0.125. The van der Waals surface area contributed by atoms with Crippen LogP contribution in [0.2, 0.25) is 5.02 Å². The second-order valence-electron chi connectivity index (χ2n) is 12.2. The normalized spacial score (nSPS) is 19.7. The summed E-state index contributed by atoms with van der Waals surface area (Å²) < 4.78 is 18.4. The van der Waals surface area contributed by atoms with Gasteiger partial charge in [-0.25, -0.2) is 9.67 Å². The van der Waals surface area contributed by atoms with Gasteiger partial charge in [0.25, 0.3) is 0 Å². The highest BCUT2D eigenvalue weighted by molar-refractivity contribution is 6.31. The van der Waals surface area contributed by atoms with Gasteiger partial charge in [0.05, 0.1) is 25.6 Å². The van der Waals surface area contributed by atoms with Crippen LogP contribution in [0.1, 0.15) is 29.9 Å². The molecule has 0 spiro atoms. The summed E-state index contributed by atoms with van der Waals surface area (Å²) in [4.78, 5) is 58.2. The standard InChI is InChI=1S/C36H38ClN7O8/c1-21-34-42-33(23-5-3-2-4-6-23)43-44(34)19-32(47)38-11-12-50-25-9-7-22(8-10-25)15-27(35(48)41-28(20-45)36(49)39-21)40-31(46)17-24-16-29-30(18-26(24)37)52-14-13-51-29/h2-10,16,18,21,27-28,45H,11-15,17,19-20H2,1H3,(H,38,47)(H,39,49)(H,40,46)(H,41,48)/t21-,27-,28-/m0/s1. The SMILES string of the molecule is C[C@@H]1NC(=O)[C@H](CO)NC(=O)[C@@H](NC(=O)Cc2cc3c(cc2Cl)OCCO3)Cc2ccc(cc2)OCCNC(=O)Cn2nc(-c3ccccc3)nc21. The smallest absolute Gasteiger partial charge is 0.245 e. The van der Waals surface area contributed by atoms with Crippen LogP contribution in [0.15, 0.2) is 66.7 Å². The van der Waals surface area contributed by atoms with Crippen molar-refractivity contribution in [1.29, 1.82) is 0 Å². The summed E-state index contributed by atoms with van der Waals surface area (Å²) in [6.45, 7) is 1.85. The molecule has 0 saturated heterocycles. The quantitative estimate of drug-likeness (QED) is 0.201. The van der Waals surface area contributed by atoms with Gasteiger partial charge in [0.2, 0.25) is 23.6 Å². The van der Waals surface area contributed by atoms with Gasteiger partial charge in [-0.3, -0.25) is 19.2 Å². The zero-order chi connectivity index (χ0) is 36.6. The number of fused-ring (bicyclic) bond motifs is 15. The Morgan fingerprint density at radius 2 is 1.69 bits per heavy atom. The summed E-state index contributed by atoms with van der Waals surface area (Å²) in [5.74, 6) is -0.184. The van der Waals surface area contributed by atoms with Crippen molar-refractivity contribution in [3.05, 3.63) is 88.7 Å². The topological polar surface area (TPSA) is 195 Å². The highest BCUT2D eigenvalue weighted by atomic mass is 35.5. The number of ether oxygens (including phenoxy) is 3. The van der Waals surface area contributed by atoms with Gasteiger partial charge in [0.1, 0.15) is 50.0 Å². The molecule has 0 saturated carbocycles. The Kier molecular flexibility index (Phi) is 11.5. The molecule has 1 aromatic heterocycles. The molecule has 15 nitrogen and oxygen atoms in total. The summed E-state index contributed by atoms with van der Waals surface area (Å²) in [6, 6.07) is 15.9. The molecule has 4 aromatic rings. The number of hydrogen-bond acceptors (Lipinski definition) is 10. The molecule has 272 valence electrons. The third kappa shape index (κ3) is 8.97. The van der Waals surface area contributed by atoms with Crippen LogP contribution >= 0.6 is 11.6 Å². The molecule has 0 fully saturated rings. The van der Waals surface area contributed by atoms with Crippen molar-refractivity contribution in [3.8, 4) is 28.6 Å². The van der Waals surface area contributed by atoms with Gasteiger partial charge in [-0.2, -0.15) is 5.10 Å². The van der Waals surface area contributed by atoms with E-state index in [1.807, 2.05) is 30.3 Å². The van der Waals surface area contributed by atoms with E-state index in [1.54, 1.807) is 43.3 Å². The first kappa shape index (κ1) is 36.1. The molecular weight excluding hydrogens is 694 g/mol. The maximum Gasteiger partial charge on any atom is 0.245 e. The van der Waals surface area contributed by atoms with Crippen molar-refractivity contribution in [3.63, 3.8) is 0 Å². The molecule has 7 rings (SSSR count). The molecular formula is C36H38ClN7O8. The predicted molar refractivity (Wildman–Crippen MR) is 188 cm³/mol. The van der Waals surface area contributed by atoms with E-state index in [0.29, 0.717) is 58.0 Å². The van der Waals surface area contributed by atoms with Crippen molar-refractivity contribution in [2.45, 2.75) is 44.4 Å². The molecule has 52 heavy (non-hydrogen) atoms. The molecule has 3 atom stereocenters. The summed E-state index contributed by atoms with van der Waals surface area (Å²) in [7, 11) is 0. The van der Waals surface area contributed by atoms with Crippen LogP contribution in [0.5, 0.6) is 17.2 Å². The average molecular weight is 732 g/mol.